The molecule has 1 aromatic rings. The van der Waals surface area contributed by atoms with E-state index in [9.17, 15) is 5.02 Å². The lowest BCUT2D eigenvalue weighted by molar-refractivity contribution is 0.275. The Morgan fingerprint density at radius 2 is 2.31 bits per heavy atom. The van der Waals surface area contributed by atoms with Crippen molar-refractivity contribution in [2.75, 3.05) is 6.61 Å². The number of fused-ring (bicyclic) bond motifs is 1. The molecular formula is C12H17BO3. The van der Waals surface area contributed by atoms with E-state index in [0.717, 1.165) is 29.8 Å². The van der Waals surface area contributed by atoms with Crippen molar-refractivity contribution in [2.45, 2.75) is 32.8 Å². The summed E-state index contributed by atoms with van der Waals surface area (Å²) in [6, 6.07) is 5.77. The predicted octanol–water partition coefficient (Wildman–Crippen LogP) is 1.47. The second-order valence-corrected chi connectivity index (χ2v) is 4.08. The van der Waals surface area contributed by atoms with Crippen LogP contribution in [0.1, 0.15) is 31.7 Å². The zero-order valence-electron chi connectivity index (χ0n) is 9.61. The van der Waals surface area contributed by atoms with Crippen LogP contribution in [-0.4, -0.2) is 18.7 Å². The molecule has 0 aliphatic carbocycles. The fourth-order valence-corrected chi connectivity index (χ4v) is 1.82. The van der Waals surface area contributed by atoms with Gasteiger partial charge in [0.2, 0.25) is 0 Å². The Kier molecular flexibility index (Phi) is 3.85. The normalized spacial score (nSPS) is 14.0. The molecule has 0 amide bonds. The molecule has 0 radical (unpaired) electrons. The molecule has 16 heavy (non-hydrogen) atoms. The van der Waals surface area contributed by atoms with Crippen LogP contribution in [0.3, 0.4) is 0 Å². The number of unbranched alkanes of at least 4 members (excludes halogenated alkanes) is 2. The van der Waals surface area contributed by atoms with Crippen molar-refractivity contribution in [3.05, 3.63) is 23.8 Å². The summed E-state index contributed by atoms with van der Waals surface area (Å²) in [6.45, 7) is 3.40. The van der Waals surface area contributed by atoms with E-state index in [0.29, 0.717) is 6.61 Å². The quantitative estimate of drug-likeness (QED) is 0.603. The summed E-state index contributed by atoms with van der Waals surface area (Å²) in [5.41, 5.74) is 1.89. The van der Waals surface area contributed by atoms with E-state index >= 15 is 0 Å². The smallest absolute Gasteiger partial charge is 0.491 e. The van der Waals surface area contributed by atoms with Crippen LogP contribution in [0.5, 0.6) is 5.75 Å². The van der Waals surface area contributed by atoms with Gasteiger partial charge < -0.3 is 14.4 Å². The van der Waals surface area contributed by atoms with Crippen LogP contribution in [0.4, 0.5) is 0 Å². The van der Waals surface area contributed by atoms with Crippen molar-refractivity contribution < 1.29 is 14.4 Å². The van der Waals surface area contributed by atoms with Crippen molar-refractivity contribution in [3.63, 3.8) is 0 Å². The molecule has 0 saturated carbocycles. The van der Waals surface area contributed by atoms with Gasteiger partial charge in [-0.25, -0.2) is 0 Å². The van der Waals surface area contributed by atoms with E-state index in [1.165, 1.54) is 12.8 Å². The fraction of sp³-hybridized carbons (Fsp3) is 0.500. The molecule has 0 fully saturated rings. The van der Waals surface area contributed by atoms with Gasteiger partial charge in [-0.2, -0.15) is 0 Å². The molecule has 0 unspecified atom stereocenters. The topological polar surface area (TPSA) is 38.7 Å². The van der Waals surface area contributed by atoms with Crippen LogP contribution < -0.4 is 10.2 Å². The van der Waals surface area contributed by atoms with Crippen molar-refractivity contribution in [3.8, 4) is 5.75 Å². The standard InChI is InChI=1S/C12H17BO3/c1-2-3-4-7-15-11-6-5-10-9-16-13(14)12(10)8-11/h5-6,8,14H,2-4,7,9H2,1H3. The summed E-state index contributed by atoms with van der Waals surface area (Å²) in [7, 11) is -0.783. The van der Waals surface area contributed by atoms with Crippen molar-refractivity contribution in [2.24, 2.45) is 0 Å². The maximum Gasteiger partial charge on any atom is 0.491 e. The fourth-order valence-electron chi connectivity index (χ4n) is 1.82. The Labute approximate surface area is 96.5 Å². The zero-order valence-corrected chi connectivity index (χ0v) is 9.61. The van der Waals surface area contributed by atoms with E-state index in [1.54, 1.807) is 0 Å². The third-order valence-corrected chi connectivity index (χ3v) is 2.80. The molecule has 0 bridgehead atoms. The summed E-state index contributed by atoms with van der Waals surface area (Å²) in [4.78, 5) is 0. The summed E-state index contributed by atoms with van der Waals surface area (Å²) in [5.74, 6) is 0.819. The number of hydrogen-bond donors (Lipinski definition) is 1. The lowest BCUT2D eigenvalue weighted by Gasteiger charge is -2.07. The van der Waals surface area contributed by atoms with E-state index in [1.807, 2.05) is 18.2 Å². The Morgan fingerprint density at radius 1 is 1.44 bits per heavy atom. The third-order valence-electron chi connectivity index (χ3n) is 2.80. The van der Waals surface area contributed by atoms with E-state index in [-0.39, 0.29) is 0 Å². The average molecular weight is 220 g/mol. The highest BCUT2D eigenvalue weighted by Crippen LogP contribution is 2.16. The van der Waals surface area contributed by atoms with Crippen LogP contribution in [0.15, 0.2) is 18.2 Å². The van der Waals surface area contributed by atoms with E-state index in [2.05, 4.69) is 6.92 Å². The minimum absolute atomic E-state index is 0.493. The van der Waals surface area contributed by atoms with Gasteiger partial charge in [0.1, 0.15) is 5.75 Å². The Balaban J connectivity index is 1.93. The molecule has 4 heteroatoms. The summed E-state index contributed by atoms with van der Waals surface area (Å²) in [6.07, 6.45) is 3.46. The Hall–Kier alpha value is -0.995. The molecule has 1 aliphatic rings. The third kappa shape index (κ3) is 2.57. The summed E-state index contributed by atoms with van der Waals surface area (Å²) >= 11 is 0. The largest absolute Gasteiger partial charge is 0.494 e. The van der Waals surface area contributed by atoms with Gasteiger partial charge in [0, 0.05) is 0 Å². The van der Waals surface area contributed by atoms with Gasteiger partial charge in [-0.15, -0.1) is 0 Å². The molecule has 0 saturated heterocycles. The Bertz CT molecular complexity index is 354. The van der Waals surface area contributed by atoms with Gasteiger partial charge in [-0.3, -0.25) is 0 Å². The first-order valence-corrected chi connectivity index (χ1v) is 5.86. The summed E-state index contributed by atoms with van der Waals surface area (Å²) < 4.78 is 10.7. The molecule has 1 N–H and O–H groups in total. The SMILES string of the molecule is CCCCCOc1ccc2c(c1)B(O)OC2. The van der Waals surface area contributed by atoms with Crippen molar-refractivity contribution >= 4 is 12.6 Å². The first-order chi connectivity index (χ1) is 7.81. The number of hydrogen-bond acceptors (Lipinski definition) is 3. The molecule has 1 heterocycles. The van der Waals surface area contributed by atoms with Crippen LogP contribution in [0.25, 0.3) is 0 Å². The number of ether oxygens (including phenoxy) is 1. The minimum Gasteiger partial charge on any atom is -0.494 e. The molecule has 0 atom stereocenters. The first kappa shape index (κ1) is 11.5. The monoisotopic (exact) mass is 220 g/mol. The maximum absolute atomic E-state index is 9.54. The second-order valence-electron chi connectivity index (χ2n) is 4.08. The molecule has 1 aliphatic heterocycles. The molecule has 0 aromatic heterocycles. The van der Waals surface area contributed by atoms with Crippen molar-refractivity contribution in [1.82, 2.24) is 0 Å². The lowest BCUT2D eigenvalue weighted by Crippen LogP contribution is -2.28. The molecule has 2 rings (SSSR count). The van der Waals surface area contributed by atoms with Gasteiger partial charge in [0.05, 0.1) is 13.2 Å². The molecular weight excluding hydrogens is 203 g/mol. The van der Waals surface area contributed by atoms with Gasteiger partial charge in [-0.1, -0.05) is 25.8 Å². The average Bonchev–Trinajstić information content (AvgIpc) is 2.67. The van der Waals surface area contributed by atoms with E-state index in [4.69, 9.17) is 9.39 Å². The van der Waals surface area contributed by atoms with Crippen LogP contribution in [-0.2, 0) is 11.3 Å². The zero-order chi connectivity index (χ0) is 11.4. The molecule has 86 valence electrons. The van der Waals surface area contributed by atoms with Crippen LogP contribution in [0.2, 0.25) is 0 Å². The minimum atomic E-state index is -0.783. The highest BCUT2D eigenvalue weighted by Gasteiger charge is 2.27. The van der Waals surface area contributed by atoms with Crippen molar-refractivity contribution in [1.29, 1.82) is 0 Å². The highest BCUT2D eigenvalue weighted by molar-refractivity contribution is 6.61. The molecule has 1 aromatic carbocycles. The van der Waals surface area contributed by atoms with E-state index < -0.39 is 7.12 Å². The number of rotatable bonds is 5. The first-order valence-electron chi connectivity index (χ1n) is 5.86. The summed E-state index contributed by atoms with van der Waals surface area (Å²) in [5, 5.41) is 9.54. The maximum atomic E-state index is 9.54. The molecule has 0 spiro atoms. The Morgan fingerprint density at radius 3 is 3.12 bits per heavy atom. The van der Waals surface area contributed by atoms with Gasteiger partial charge >= 0.3 is 7.12 Å². The lowest BCUT2D eigenvalue weighted by atomic mass is 9.79. The number of benzene rings is 1. The van der Waals surface area contributed by atoms with Gasteiger partial charge in [0.25, 0.3) is 0 Å². The van der Waals surface area contributed by atoms with Crippen LogP contribution in [0, 0.1) is 0 Å². The van der Waals surface area contributed by atoms with Crippen LogP contribution >= 0.6 is 0 Å². The van der Waals surface area contributed by atoms with Gasteiger partial charge in [-0.05, 0) is 29.6 Å². The second kappa shape index (κ2) is 5.37. The highest BCUT2D eigenvalue weighted by atomic mass is 16.5. The molecule has 3 nitrogen and oxygen atoms in total. The van der Waals surface area contributed by atoms with Gasteiger partial charge in [0.15, 0.2) is 0 Å². The predicted molar refractivity (Wildman–Crippen MR) is 63.9 cm³/mol.